The highest BCUT2D eigenvalue weighted by Crippen LogP contribution is 2.39. The average molecular weight is 309 g/mol. The molecule has 1 aliphatic heterocycles. The van der Waals surface area contributed by atoms with Crippen molar-refractivity contribution >= 4 is 15.7 Å². The molecule has 2 aliphatic rings. The molecule has 1 spiro atoms. The van der Waals surface area contributed by atoms with E-state index in [-0.39, 0.29) is 0 Å². The van der Waals surface area contributed by atoms with Crippen molar-refractivity contribution in [2.75, 3.05) is 18.9 Å². The van der Waals surface area contributed by atoms with E-state index in [1.54, 1.807) is 12.1 Å². The Labute approximate surface area is 126 Å². The summed E-state index contributed by atoms with van der Waals surface area (Å²) in [6, 6.07) is 7.45. The molecule has 116 valence electrons. The largest absolute Gasteiger partial charge is 0.381 e. The minimum atomic E-state index is -3.43. The molecule has 1 saturated carbocycles. The Morgan fingerprint density at radius 1 is 1.29 bits per heavy atom. The summed E-state index contributed by atoms with van der Waals surface area (Å²) in [5, 5.41) is 7.09. The summed E-state index contributed by atoms with van der Waals surface area (Å²) in [5.74, 6) is 0. The van der Waals surface area contributed by atoms with E-state index in [0.717, 1.165) is 19.4 Å². The first-order valence-corrected chi connectivity index (χ1v) is 9.07. The van der Waals surface area contributed by atoms with Gasteiger partial charge in [-0.1, -0.05) is 12.1 Å². The number of hydrogen-bond donors (Lipinski definition) is 3. The van der Waals surface area contributed by atoms with Gasteiger partial charge >= 0.3 is 0 Å². The molecular formula is C15H23N3O2S. The van der Waals surface area contributed by atoms with Crippen molar-refractivity contribution in [2.24, 2.45) is 0 Å². The van der Waals surface area contributed by atoms with Gasteiger partial charge in [-0.25, -0.2) is 13.1 Å². The van der Waals surface area contributed by atoms with Crippen LogP contribution in [0, 0.1) is 0 Å². The van der Waals surface area contributed by atoms with Crippen molar-refractivity contribution in [3.63, 3.8) is 0 Å². The molecule has 1 saturated heterocycles. The van der Waals surface area contributed by atoms with Gasteiger partial charge in [0.2, 0.25) is 10.0 Å². The zero-order chi connectivity index (χ0) is 14.9. The molecule has 1 aliphatic carbocycles. The lowest BCUT2D eigenvalue weighted by atomic mass is 9.70. The molecule has 6 heteroatoms. The molecule has 3 N–H and O–H groups in total. The highest BCUT2D eigenvalue weighted by Gasteiger charge is 2.41. The van der Waals surface area contributed by atoms with Crippen LogP contribution in [-0.4, -0.2) is 33.6 Å². The van der Waals surface area contributed by atoms with Crippen molar-refractivity contribution < 1.29 is 8.42 Å². The van der Waals surface area contributed by atoms with Crippen LogP contribution < -0.4 is 15.4 Å². The third-order valence-electron chi connectivity index (χ3n) is 4.75. The van der Waals surface area contributed by atoms with Gasteiger partial charge in [0.25, 0.3) is 0 Å². The summed E-state index contributed by atoms with van der Waals surface area (Å²) in [4.78, 5) is 0.327. The third kappa shape index (κ3) is 2.93. The Balaban J connectivity index is 1.79. The van der Waals surface area contributed by atoms with Crippen molar-refractivity contribution in [3.8, 4) is 0 Å². The van der Waals surface area contributed by atoms with Crippen molar-refractivity contribution in [1.29, 1.82) is 0 Å². The summed E-state index contributed by atoms with van der Waals surface area (Å²) in [7, 11) is -1.98. The van der Waals surface area contributed by atoms with Gasteiger partial charge in [0.15, 0.2) is 0 Å². The first-order valence-electron chi connectivity index (χ1n) is 7.59. The van der Waals surface area contributed by atoms with E-state index in [4.69, 9.17) is 0 Å². The molecule has 1 aromatic carbocycles. The lowest BCUT2D eigenvalue weighted by Gasteiger charge is -2.48. The second kappa shape index (κ2) is 5.59. The molecular weight excluding hydrogens is 286 g/mol. The Morgan fingerprint density at radius 2 is 2.05 bits per heavy atom. The molecule has 1 aromatic rings. The summed E-state index contributed by atoms with van der Waals surface area (Å²) >= 11 is 0. The predicted molar refractivity (Wildman–Crippen MR) is 83.9 cm³/mol. The van der Waals surface area contributed by atoms with E-state index >= 15 is 0 Å². The van der Waals surface area contributed by atoms with Gasteiger partial charge in [0.1, 0.15) is 4.90 Å². The maximum atomic E-state index is 12.1. The van der Waals surface area contributed by atoms with Gasteiger partial charge in [-0.2, -0.15) is 0 Å². The lowest BCUT2D eigenvalue weighted by Crippen LogP contribution is -2.58. The third-order valence-corrected chi connectivity index (χ3v) is 6.22. The quantitative estimate of drug-likeness (QED) is 0.791. The molecule has 0 aromatic heterocycles. The predicted octanol–water partition coefficient (Wildman–Crippen LogP) is 1.68. The van der Waals surface area contributed by atoms with Crippen molar-refractivity contribution in [1.82, 2.24) is 10.0 Å². The van der Waals surface area contributed by atoms with E-state index in [1.165, 1.54) is 26.3 Å². The van der Waals surface area contributed by atoms with Crippen LogP contribution in [0.4, 0.5) is 5.69 Å². The summed E-state index contributed by atoms with van der Waals surface area (Å²) < 4.78 is 26.6. The summed E-state index contributed by atoms with van der Waals surface area (Å²) in [6.45, 7) is 0.999. The first-order chi connectivity index (χ1) is 10.0. The second-order valence-electron chi connectivity index (χ2n) is 6.10. The molecule has 5 nitrogen and oxygen atoms in total. The van der Waals surface area contributed by atoms with Crippen LogP contribution in [0.2, 0.25) is 0 Å². The Morgan fingerprint density at radius 3 is 2.71 bits per heavy atom. The highest BCUT2D eigenvalue weighted by atomic mass is 32.2. The first kappa shape index (κ1) is 14.8. The van der Waals surface area contributed by atoms with Crippen molar-refractivity contribution in [2.45, 2.75) is 48.6 Å². The van der Waals surface area contributed by atoms with Crippen LogP contribution >= 0.6 is 0 Å². The molecule has 3 rings (SSSR count). The SMILES string of the molecule is CNS(=O)(=O)c1ccccc1NC1CCNC2(CCC2)C1. The number of rotatable bonds is 4. The van der Waals surface area contributed by atoms with E-state index in [2.05, 4.69) is 15.4 Å². The number of anilines is 1. The maximum Gasteiger partial charge on any atom is 0.242 e. The number of piperidine rings is 1. The number of hydrogen-bond acceptors (Lipinski definition) is 4. The average Bonchev–Trinajstić information content (AvgIpc) is 2.46. The number of para-hydroxylation sites is 1. The molecule has 0 radical (unpaired) electrons. The number of sulfonamides is 1. The van der Waals surface area contributed by atoms with Crippen LogP contribution in [0.5, 0.6) is 0 Å². The molecule has 1 atom stereocenters. The fourth-order valence-electron chi connectivity index (χ4n) is 3.42. The monoisotopic (exact) mass is 309 g/mol. The Hall–Kier alpha value is -1.11. The van der Waals surface area contributed by atoms with Crippen LogP contribution in [0.25, 0.3) is 0 Å². The van der Waals surface area contributed by atoms with Crippen LogP contribution in [0.1, 0.15) is 32.1 Å². The summed E-state index contributed by atoms with van der Waals surface area (Å²) in [5.41, 5.74) is 1.00. The smallest absolute Gasteiger partial charge is 0.242 e. The molecule has 2 fully saturated rings. The standard InChI is InChI=1S/C15H23N3O2S/c1-16-21(19,20)14-6-3-2-5-13(14)18-12-7-10-17-15(11-12)8-4-9-15/h2-3,5-6,12,16-18H,4,7-11H2,1H3. The second-order valence-corrected chi connectivity index (χ2v) is 7.95. The van der Waals surface area contributed by atoms with E-state index < -0.39 is 10.0 Å². The minimum absolute atomic E-state index is 0.298. The zero-order valence-electron chi connectivity index (χ0n) is 12.4. The zero-order valence-corrected chi connectivity index (χ0v) is 13.2. The molecule has 0 bridgehead atoms. The number of benzene rings is 1. The van der Waals surface area contributed by atoms with Gasteiger partial charge in [-0.3, -0.25) is 0 Å². The summed E-state index contributed by atoms with van der Waals surface area (Å²) in [6.07, 6.45) is 5.87. The van der Waals surface area contributed by atoms with Crippen LogP contribution in [0.15, 0.2) is 29.2 Å². The fraction of sp³-hybridized carbons (Fsp3) is 0.600. The van der Waals surface area contributed by atoms with E-state index in [0.29, 0.717) is 22.2 Å². The van der Waals surface area contributed by atoms with Gasteiger partial charge in [-0.05, 0) is 57.8 Å². The molecule has 1 heterocycles. The Bertz CT molecular complexity index is 611. The van der Waals surface area contributed by atoms with Gasteiger partial charge < -0.3 is 10.6 Å². The fourth-order valence-corrected chi connectivity index (χ4v) is 4.31. The normalized spacial score (nSPS) is 24.5. The lowest BCUT2D eigenvalue weighted by molar-refractivity contribution is 0.135. The van der Waals surface area contributed by atoms with E-state index in [1.807, 2.05) is 12.1 Å². The van der Waals surface area contributed by atoms with Gasteiger partial charge in [0.05, 0.1) is 5.69 Å². The van der Waals surface area contributed by atoms with E-state index in [9.17, 15) is 8.42 Å². The Kier molecular flexibility index (Phi) is 3.94. The van der Waals surface area contributed by atoms with Crippen LogP contribution in [-0.2, 0) is 10.0 Å². The molecule has 21 heavy (non-hydrogen) atoms. The molecule has 1 unspecified atom stereocenters. The van der Waals surface area contributed by atoms with Crippen molar-refractivity contribution in [3.05, 3.63) is 24.3 Å². The maximum absolute atomic E-state index is 12.1. The van der Waals surface area contributed by atoms with Gasteiger partial charge in [0, 0.05) is 11.6 Å². The van der Waals surface area contributed by atoms with Gasteiger partial charge in [-0.15, -0.1) is 0 Å². The number of nitrogens with one attached hydrogen (secondary N) is 3. The molecule has 0 amide bonds. The highest BCUT2D eigenvalue weighted by molar-refractivity contribution is 7.89. The minimum Gasteiger partial charge on any atom is -0.381 e. The topological polar surface area (TPSA) is 70.2 Å². The van der Waals surface area contributed by atoms with Crippen LogP contribution in [0.3, 0.4) is 0 Å².